The van der Waals surface area contributed by atoms with E-state index in [1.807, 2.05) is 19.0 Å². The van der Waals surface area contributed by atoms with Gasteiger partial charge < -0.3 is 36.4 Å². The maximum absolute atomic E-state index is 14.0. The van der Waals surface area contributed by atoms with Crippen molar-refractivity contribution in [1.82, 2.24) is 10.2 Å². The Morgan fingerprint density at radius 2 is 1.82 bits per heavy atom. The lowest BCUT2D eigenvalue weighted by Crippen LogP contribution is -2.62. The van der Waals surface area contributed by atoms with Crippen molar-refractivity contribution >= 4 is 29.1 Å². The number of nitrogens with zero attached hydrogens (tertiary/aromatic N) is 1. The van der Waals surface area contributed by atoms with Crippen molar-refractivity contribution in [1.29, 1.82) is 0 Å². The molecule has 0 radical (unpaired) electrons. The van der Waals surface area contributed by atoms with Crippen molar-refractivity contribution < 1.29 is 39.6 Å². The van der Waals surface area contributed by atoms with Crippen LogP contribution in [0.1, 0.15) is 41.8 Å². The van der Waals surface area contributed by atoms with E-state index in [4.69, 9.17) is 5.73 Å². The Bertz CT molecular complexity index is 1660. The number of aliphatic hydroxyl groups is 3. The molecule has 232 valence electrons. The van der Waals surface area contributed by atoms with Gasteiger partial charge in [-0.15, -0.1) is 0 Å². The first-order valence-corrected chi connectivity index (χ1v) is 14.6. The van der Waals surface area contributed by atoms with E-state index in [0.29, 0.717) is 35.3 Å². The Balaban J connectivity index is 1.62. The molecular weight excluding hydrogens is 566 g/mol. The number of rotatable bonds is 7. The van der Waals surface area contributed by atoms with E-state index >= 15 is 0 Å². The van der Waals surface area contributed by atoms with Crippen molar-refractivity contribution in [2.45, 2.75) is 32.3 Å². The van der Waals surface area contributed by atoms with Crippen LogP contribution in [0.4, 0.5) is 0 Å². The first kappa shape index (κ1) is 31.0. The van der Waals surface area contributed by atoms with E-state index in [1.54, 1.807) is 44.2 Å². The predicted molar refractivity (Wildman–Crippen MR) is 161 cm³/mol. The van der Waals surface area contributed by atoms with Crippen LogP contribution in [0.25, 0.3) is 16.9 Å². The normalized spacial score (nSPS) is 24.8. The van der Waals surface area contributed by atoms with Crippen molar-refractivity contribution in [3.05, 3.63) is 70.0 Å². The maximum atomic E-state index is 14.0. The number of carbonyl (C=O) groups is 4. The number of likely N-dealkylation sites (N-methyl/N-ethyl adjacent to an activating group) is 1. The smallest absolute Gasteiger partial charge is 0.255 e. The van der Waals surface area contributed by atoms with Crippen LogP contribution in [0, 0.1) is 23.7 Å². The van der Waals surface area contributed by atoms with Gasteiger partial charge in [0.25, 0.3) is 11.8 Å². The second-order valence-electron chi connectivity index (χ2n) is 12.4. The molecule has 2 aromatic rings. The second-order valence-corrected chi connectivity index (χ2v) is 12.4. The third kappa shape index (κ3) is 4.76. The standard InChI is InChI=1S/C33H37N3O8/c1-15(2)23-21-14-18-13-20-19(16-6-5-7-17(12-16)32(43)35-10-11-36(3)4)8-9-22(37)25(20)28(39)24(18)29(40)33(21,44)30(41)26(27(23)38)31(34)42/h5-9,12,15,18,21,23,37,39,41,44H,10-11,13-14H2,1-4H3,(H2,34,42)(H,35,43)/t18-,21-,23-,33-/m0/s1. The third-order valence-electron chi connectivity index (χ3n) is 9.13. The van der Waals surface area contributed by atoms with Crippen molar-refractivity contribution in [3.63, 3.8) is 0 Å². The minimum Gasteiger partial charge on any atom is -0.508 e. The summed E-state index contributed by atoms with van der Waals surface area (Å²) in [4.78, 5) is 54.4. The number of ketones is 2. The van der Waals surface area contributed by atoms with Crippen LogP contribution in [-0.4, -0.2) is 81.5 Å². The van der Waals surface area contributed by atoms with Crippen LogP contribution < -0.4 is 11.1 Å². The fraction of sp³-hybridized carbons (Fsp3) is 0.394. The molecule has 44 heavy (non-hydrogen) atoms. The Morgan fingerprint density at radius 1 is 1.11 bits per heavy atom. The van der Waals surface area contributed by atoms with Crippen LogP contribution >= 0.6 is 0 Å². The van der Waals surface area contributed by atoms with Gasteiger partial charge in [-0.3, -0.25) is 19.2 Å². The van der Waals surface area contributed by atoms with Gasteiger partial charge in [0.05, 0.1) is 5.56 Å². The summed E-state index contributed by atoms with van der Waals surface area (Å²) >= 11 is 0. The molecule has 2 aromatic carbocycles. The average molecular weight is 604 g/mol. The number of hydrogen-bond donors (Lipinski definition) is 6. The third-order valence-corrected chi connectivity index (χ3v) is 9.13. The molecule has 3 aliphatic carbocycles. The fourth-order valence-electron chi connectivity index (χ4n) is 7.08. The molecule has 7 N–H and O–H groups in total. The van der Waals surface area contributed by atoms with Gasteiger partial charge in [-0.05, 0) is 73.7 Å². The van der Waals surface area contributed by atoms with Gasteiger partial charge in [0.15, 0.2) is 11.4 Å². The Labute approximate surface area is 254 Å². The largest absolute Gasteiger partial charge is 0.508 e. The van der Waals surface area contributed by atoms with Crippen molar-refractivity contribution in [2.75, 3.05) is 27.2 Å². The molecule has 0 heterocycles. The topological polar surface area (TPSA) is 190 Å². The van der Waals surface area contributed by atoms with Gasteiger partial charge in [0.2, 0.25) is 5.78 Å². The number of phenolic OH excluding ortho intramolecular Hbond substituents is 1. The van der Waals surface area contributed by atoms with Crippen molar-refractivity contribution in [3.8, 4) is 16.9 Å². The second kappa shape index (κ2) is 11.2. The Kier molecular flexibility index (Phi) is 7.89. The first-order chi connectivity index (χ1) is 20.7. The molecule has 1 saturated carbocycles. The van der Waals surface area contributed by atoms with E-state index in [2.05, 4.69) is 5.32 Å². The van der Waals surface area contributed by atoms with E-state index in [9.17, 15) is 39.6 Å². The predicted octanol–water partition coefficient (Wildman–Crippen LogP) is 2.26. The molecular formula is C33H37N3O8. The van der Waals surface area contributed by atoms with Crippen LogP contribution in [0.5, 0.6) is 5.75 Å². The number of aliphatic hydroxyl groups excluding tert-OH is 2. The molecule has 0 saturated heterocycles. The van der Waals surface area contributed by atoms with Gasteiger partial charge in [0.1, 0.15) is 22.8 Å². The maximum Gasteiger partial charge on any atom is 0.255 e. The highest BCUT2D eigenvalue weighted by molar-refractivity contribution is 6.23. The van der Waals surface area contributed by atoms with Crippen LogP contribution in [0.2, 0.25) is 0 Å². The first-order valence-electron chi connectivity index (χ1n) is 14.6. The molecule has 11 nitrogen and oxygen atoms in total. The summed E-state index contributed by atoms with van der Waals surface area (Å²) in [7, 11) is 3.81. The van der Waals surface area contributed by atoms with Gasteiger partial charge >= 0.3 is 0 Å². The molecule has 5 rings (SSSR count). The number of Topliss-reactive ketones (excluding diaryl/α,β-unsaturated/α-hetero) is 2. The number of amides is 2. The number of fused-ring (bicyclic) bond motifs is 3. The minimum absolute atomic E-state index is 0.00382. The van der Waals surface area contributed by atoms with Crippen LogP contribution in [0.3, 0.4) is 0 Å². The number of nitrogens with one attached hydrogen (secondary N) is 1. The summed E-state index contributed by atoms with van der Waals surface area (Å²) in [5.41, 5.74) is 3.93. The number of phenols is 1. The lowest BCUT2D eigenvalue weighted by molar-refractivity contribution is -0.155. The highest BCUT2D eigenvalue weighted by Gasteiger charge is 2.64. The highest BCUT2D eigenvalue weighted by Crippen LogP contribution is 2.55. The molecule has 0 aromatic heterocycles. The molecule has 2 amide bonds. The molecule has 1 fully saturated rings. The SMILES string of the molecule is CC(C)[C@@H]1C(=O)C(C(N)=O)=C(O)[C@@]2(O)C(=O)C3=C(O)c4c(O)ccc(-c5cccc(C(=O)NCCN(C)C)c5)c4C[C@H]3C[C@@H]12. The van der Waals surface area contributed by atoms with E-state index in [1.165, 1.54) is 6.07 Å². The van der Waals surface area contributed by atoms with Gasteiger partial charge in [-0.1, -0.05) is 32.0 Å². The van der Waals surface area contributed by atoms with Gasteiger partial charge in [0, 0.05) is 36.1 Å². The van der Waals surface area contributed by atoms with Gasteiger partial charge in [-0.2, -0.15) is 0 Å². The molecule has 3 aliphatic rings. The van der Waals surface area contributed by atoms with E-state index in [0.717, 1.165) is 0 Å². The average Bonchev–Trinajstić information content (AvgIpc) is 2.94. The summed E-state index contributed by atoms with van der Waals surface area (Å²) < 4.78 is 0. The van der Waals surface area contributed by atoms with Crippen molar-refractivity contribution in [2.24, 2.45) is 29.4 Å². The summed E-state index contributed by atoms with van der Waals surface area (Å²) in [5, 5.41) is 48.1. The zero-order valence-corrected chi connectivity index (χ0v) is 25.0. The number of benzene rings is 2. The minimum atomic E-state index is -2.66. The Hall–Kier alpha value is -4.48. The zero-order chi connectivity index (χ0) is 32.2. The molecule has 0 aliphatic heterocycles. The van der Waals surface area contributed by atoms with E-state index < -0.39 is 63.8 Å². The number of carbonyl (C=O) groups excluding carboxylic acids is 4. The summed E-state index contributed by atoms with van der Waals surface area (Å²) in [6.45, 7) is 4.56. The number of primary amides is 1. The molecule has 4 atom stereocenters. The monoisotopic (exact) mass is 603 g/mol. The number of aromatic hydroxyl groups is 1. The summed E-state index contributed by atoms with van der Waals surface area (Å²) in [6.07, 6.45) is 0.178. The lowest BCUT2D eigenvalue weighted by atomic mass is 9.54. The molecule has 0 bridgehead atoms. The fourth-order valence-corrected chi connectivity index (χ4v) is 7.08. The van der Waals surface area contributed by atoms with Crippen LogP contribution in [0.15, 0.2) is 53.3 Å². The number of hydrogen-bond acceptors (Lipinski definition) is 9. The zero-order valence-electron chi connectivity index (χ0n) is 25.0. The lowest BCUT2D eigenvalue weighted by Gasteiger charge is -2.50. The molecule has 11 heteroatoms. The summed E-state index contributed by atoms with van der Waals surface area (Å²) in [5.74, 6) is -8.47. The van der Waals surface area contributed by atoms with Crippen LogP contribution in [-0.2, 0) is 20.8 Å². The molecule has 0 spiro atoms. The van der Waals surface area contributed by atoms with E-state index in [-0.39, 0.29) is 35.6 Å². The number of nitrogens with two attached hydrogens (primary N) is 1. The highest BCUT2D eigenvalue weighted by atomic mass is 16.3. The molecule has 0 unspecified atom stereocenters. The quantitative estimate of drug-likeness (QED) is 0.258. The summed E-state index contributed by atoms with van der Waals surface area (Å²) in [6, 6.07) is 9.97. The van der Waals surface area contributed by atoms with Gasteiger partial charge in [-0.25, -0.2) is 0 Å². The Morgan fingerprint density at radius 3 is 2.45 bits per heavy atom.